The van der Waals surface area contributed by atoms with E-state index in [1.807, 2.05) is 31.2 Å². The third-order valence-electron chi connectivity index (χ3n) is 3.63. The lowest BCUT2D eigenvalue weighted by Crippen LogP contribution is -2.04. The van der Waals surface area contributed by atoms with Crippen LogP contribution in [-0.2, 0) is 0 Å². The van der Waals surface area contributed by atoms with E-state index in [1.54, 1.807) is 0 Å². The van der Waals surface area contributed by atoms with Crippen molar-refractivity contribution in [2.75, 3.05) is 0 Å². The van der Waals surface area contributed by atoms with E-state index in [0.717, 1.165) is 22.6 Å². The van der Waals surface area contributed by atoms with Gasteiger partial charge in [0.25, 0.3) is 0 Å². The molecule has 0 saturated carbocycles. The van der Waals surface area contributed by atoms with Gasteiger partial charge in [-0.2, -0.15) is 0 Å². The number of hydrogen-bond acceptors (Lipinski definition) is 2. The van der Waals surface area contributed by atoms with Gasteiger partial charge in [-0.3, -0.25) is 0 Å². The molecule has 0 aliphatic carbocycles. The molecule has 1 N–H and O–H groups in total. The number of hydrogen-bond donors (Lipinski definition) is 1. The summed E-state index contributed by atoms with van der Waals surface area (Å²) in [5, 5.41) is 0.699. The summed E-state index contributed by atoms with van der Waals surface area (Å²) in [6.45, 7) is 6.17. The van der Waals surface area contributed by atoms with Crippen molar-refractivity contribution in [3.63, 3.8) is 0 Å². The zero-order valence-electron chi connectivity index (χ0n) is 12.3. The predicted molar refractivity (Wildman–Crippen MR) is 86.1 cm³/mol. The molecule has 21 heavy (non-hydrogen) atoms. The van der Waals surface area contributed by atoms with Crippen molar-refractivity contribution in [1.29, 1.82) is 0 Å². The number of aromatic nitrogens is 2. The number of benzene rings is 2. The summed E-state index contributed by atoms with van der Waals surface area (Å²) in [5.74, 6) is 1.60. The van der Waals surface area contributed by atoms with Crippen molar-refractivity contribution in [3.8, 4) is 5.75 Å². The molecule has 0 unspecified atom stereocenters. The van der Waals surface area contributed by atoms with Gasteiger partial charge < -0.3 is 9.72 Å². The predicted octanol–water partition coefficient (Wildman–Crippen LogP) is 4.97. The molecule has 0 spiro atoms. The second kappa shape index (κ2) is 5.41. The fourth-order valence-corrected chi connectivity index (χ4v) is 2.38. The highest BCUT2D eigenvalue weighted by atomic mass is 35.5. The maximum absolute atomic E-state index is 5.89. The fraction of sp³-hybridized carbons (Fsp3) is 0.235. The van der Waals surface area contributed by atoms with Crippen LogP contribution in [0.25, 0.3) is 11.0 Å². The average Bonchev–Trinajstić information content (AvgIpc) is 2.85. The zero-order chi connectivity index (χ0) is 15.0. The Kier molecular flexibility index (Phi) is 3.60. The van der Waals surface area contributed by atoms with E-state index in [2.05, 4.69) is 35.9 Å². The highest BCUT2D eigenvalue weighted by Gasteiger charge is 2.13. The molecule has 1 heterocycles. The zero-order valence-corrected chi connectivity index (χ0v) is 13.0. The number of nitrogens with zero attached hydrogens (tertiary/aromatic N) is 1. The number of aromatic amines is 1. The average molecular weight is 301 g/mol. The van der Waals surface area contributed by atoms with Gasteiger partial charge in [0.15, 0.2) is 6.10 Å². The Hall–Kier alpha value is -2.00. The van der Waals surface area contributed by atoms with Gasteiger partial charge >= 0.3 is 0 Å². The van der Waals surface area contributed by atoms with Gasteiger partial charge in [-0.05, 0) is 68.3 Å². The maximum atomic E-state index is 5.89. The van der Waals surface area contributed by atoms with Crippen LogP contribution in [0.4, 0.5) is 0 Å². The first kappa shape index (κ1) is 14.0. The number of nitrogens with one attached hydrogen (secondary N) is 1. The van der Waals surface area contributed by atoms with E-state index in [1.165, 1.54) is 11.1 Å². The molecule has 4 heteroatoms. The normalized spacial score (nSPS) is 12.6. The molecular formula is C17H17ClN2O. The first-order valence-electron chi connectivity index (χ1n) is 6.92. The van der Waals surface area contributed by atoms with Crippen molar-refractivity contribution in [1.82, 2.24) is 9.97 Å². The number of fused-ring (bicyclic) bond motifs is 1. The number of halogens is 1. The fourth-order valence-electron chi connectivity index (χ4n) is 2.25. The number of imidazole rings is 1. The first-order valence-corrected chi connectivity index (χ1v) is 7.30. The monoisotopic (exact) mass is 300 g/mol. The summed E-state index contributed by atoms with van der Waals surface area (Å²) in [5.41, 5.74) is 4.51. The van der Waals surface area contributed by atoms with Crippen LogP contribution in [0.1, 0.15) is 30.0 Å². The molecule has 2 aromatic carbocycles. The van der Waals surface area contributed by atoms with Crippen LogP contribution in [0.3, 0.4) is 0 Å². The standard InChI is InChI=1S/C17H17ClN2O/c1-10-8-15-16(9-11(10)2)20-17(19-15)12(3)21-14-6-4-13(18)5-7-14/h4-9,12H,1-3H3,(H,19,20)/t12-/m1/s1. The van der Waals surface area contributed by atoms with Gasteiger partial charge in [-0.25, -0.2) is 4.98 Å². The summed E-state index contributed by atoms with van der Waals surface area (Å²) in [6.07, 6.45) is -0.154. The van der Waals surface area contributed by atoms with Crippen LogP contribution in [0.2, 0.25) is 5.02 Å². The highest BCUT2D eigenvalue weighted by Crippen LogP contribution is 2.24. The number of H-pyrrole nitrogens is 1. The molecule has 0 aliphatic heterocycles. The number of aryl methyl sites for hydroxylation is 2. The molecule has 1 atom stereocenters. The molecule has 0 bridgehead atoms. The Morgan fingerprint density at radius 2 is 1.76 bits per heavy atom. The van der Waals surface area contributed by atoms with Crippen molar-refractivity contribution in [3.05, 3.63) is 58.4 Å². The molecule has 3 nitrogen and oxygen atoms in total. The van der Waals surface area contributed by atoms with Crippen LogP contribution in [-0.4, -0.2) is 9.97 Å². The summed E-state index contributed by atoms with van der Waals surface area (Å²) >= 11 is 5.87. The SMILES string of the molecule is Cc1cc2nc([C@@H](C)Oc3ccc(Cl)cc3)[nH]c2cc1C. The second-order valence-corrected chi connectivity index (χ2v) is 5.73. The highest BCUT2D eigenvalue weighted by molar-refractivity contribution is 6.30. The largest absolute Gasteiger partial charge is 0.483 e. The van der Waals surface area contributed by atoms with Crippen molar-refractivity contribution >= 4 is 22.6 Å². The molecule has 0 aliphatic rings. The number of rotatable bonds is 3. The third-order valence-corrected chi connectivity index (χ3v) is 3.88. The summed E-state index contributed by atoms with van der Waals surface area (Å²) in [6, 6.07) is 11.6. The molecule has 0 saturated heterocycles. The minimum absolute atomic E-state index is 0.154. The molecule has 108 valence electrons. The Morgan fingerprint density at radius 3 is 2.48 bits per heavy atom. The minimum Gasteiger partial charge on any atom is -0.483 e. The van der Waals surface area contributed by atoms with E-state index < -0.39 is 0 Å². The van der Waals surface area contributed by atoms with Crippen molar-refractivity contribution < 1.29 is 4.74 Å². The molecule has 0 amide bonds. The topological polar surface area (TPSA) is 37.9 Å². The summed E-state index contributed by atoms with van der Waals surface area (Å²) in [4.78, 5) is 7.95. The van der Waals surface area contributed by atoms with Crippen LogP contribution in [0, 0.1) is 13.8 Å². The van der Waals surface area contributed by atoms with E-state index in [-0.39, 0.29) is 6.10 Å². The van der Waals surface area contributed by atoms with Crippen LogP contribution in [0.5, 0.6) is 5.75 Å². The van der Waals surface area contributed by atoms with Crippen molar-refractivity contribution in [2.45, 2.75) is 26.9 Å². The van der Waals surface area contributed by atoms with E-state index >= 15 is 0 Å². The van der Waals surface area contributed by atoms with Gasteiger partial charge in [0.1, 0.15) is 11.6 Å². The molecular weight excluding hydrogens is 284 g/mol. The Bertz CT molecular complexity index is 738. The van der Waals surface area contributed by atoms with E-state index in [4.69, 9.17) is 16.3 Å². The van der Waals surface area contributed by atoms with Gasteiger partial charge in [0.05, 0.1) is 11.0 Å². The lowest BCUT2D eigenvalue weighted by Gasteiger charge is -2.12. The van der Waals surface area contributed by atoms with Crippen LogP contribution in [0.15, 0.2) is 36.4 Å². The van der Waals surface area contributed by atoms with E-state index in [9.17, 15) is 0 Å². The minimum atomic E-state index is -0.154. The van der Waals surface area contributed by atoms with Crippen LogP contribution >= 0.6 is 11.6 Å². The van der Waals surface area contributed by atoms with E-state index in [0.29, 0.717) is 5.02 Å². The molecule has 0 radical (unpaired) electrons. The quantitative estimate of drug-likeness (QED) is 0.741. The van der Waals surface area contributed by atoms with Gasteiger partial charge in [-0.1, -0.05) is 11.6 Å². The number of ether oxygens (including phenoxy) is 1. The van der Waals surface area contributed by atoms with Crippen LogP contribution < -0.4 is 4.74 Å². The Balaban J connectivity index is 1.87. The molecule has 3 aromatic rings. The first-order chi connectivity index (χ1) is 10.0. The molecule has 0 fully saturated rings. The Morgan fingerprint density at radius 1 is 1.10 bits per heavy atom. The third kappa shape index (κ3) is 2.88. The second-order valence-electron chi connectivity index (χ2n) is 5.29. The summed E-state index contributed by atoms with van der Waals surface area (Å²) < 4.78 is 5.89. The lowest BCUT2D eigenvalue weighted by atomic mass is 10.1. The summed E-state index contributed by atoms with van der Waals surface area (Å²) in [7, 11) is 0. The van der Waals surface area contributed by atoms with Gasteiger partial charge in [0.2, 0.25) is 0 Å². The Labute approximate surface area is 128 Å². The van der Waals surface area contributed by atoms with Gasteiger partial charge in [-0.15, -0.1) is 0 Å². The maximum Gasteiger partial charge on any atom is 0.153 e. The smallest absolute Gasteiger partial charge is 0.153 e. The molecule has 1 aromatic heterocycles. The van der Waals surface area contributed by atoms with Crippen molar-refractivity contribution in [2.24, 2.45) is 0 Å². The molecule has 3 rings (SSSR count). The lowest BCUT2D eigenvalue weighted by molar-refractivity contribution is 0.218. The van der Waals surface area contributed by atoms with Gasteiger partial charge in [0, 0.05) is 5.02 Å².